The fraction of sp³-hybridized carbons (Fsp3) is 0.200. The van der Waals surface area contributed by atoms with E-state index in [0.29, 0.717) is 36.7 Å². The van der Waals surface area contributed by atoms with E-state index >= 15 is 0 Å². The predicted molar refractivity (Wildman–Crippen MR) is 122 cm³/mol. The van der Waals surface area contributed by atoms with Crippen LogP contribution >= 0.6 is 0 Å². The number of aliphatic imine (C=N–C) groups is 2. The van der Waals surface area contributed by atoms with Crippen LogP contribution in [0.2, 0.25) is 0 Å². The molecule has 7 heteroatoms. The number of rotatable bonds is 6. The Bertz CT molecular complexity index is 1270. The molecule has 0 spiro atoms. The van der Waals surface area contributed by atoms with Gasteiger partial charge in [-0.25, -0.2) is 4.99 Å². The number of aromatic nitrogens is 1. The van der Waals surface area contributed by atoms with Gasteiger partial charge in [0, 0.05) is 36.5 Å². The molecule has 2 aliphatic heterocycles. The molecule has 3 aromatic rings. The molecule has 2 aliphatic rings. The van der Waals surface area contributed by atoms with Crippen LogP contribution in [0.25, 0.3) is 0 Å². The molecule has 7 nitrogen and oxygen atoms in total. The Morgan fingerprint density at radius 3 is 2.59 bits per heavy atom. The smallest absolute Gasteiger partial charge is 0.266 e. The van der Waals surface area contributed by atoms with E-state index in [4.69, 9.17) is 14.5 Å². The number of pyridine rings is 1. The molecule has 32 heavy (non-hydrogen) atoms. The topological polar surface area (TPSA) is 85.2 Å². The molecule has 0 saturated heterocycles. The number of fused-ring (bicyclic) bond motifs is 2. The van der Waals surface area contributed by atoms with Crippen molar-refractivity contribution in [2.75, 3.05) is 14.2 Å². The van der Waals surface area contributed by atoms with Crippen molar-refractivity contribution >= 4 is 23.0 Å². The standard InChI is InChI=1S/C25H22N4O3/c1-31-22-4-3-15(9-23(22)32-2)13-28-25(30)21-11-17-10-18-14-27-24(16-5-7-26-8-6-16)19(18)12-20(17)29-21/h3-10,12H,11,13-14H2,1-2H3,(H,28,30). The Kier molecular flexibility index (Phi) is 5.15. The van der Waals surface area contributed by atoms with Gasteiger partial charge < -0.3 is 14.8 Å². The number of nitrogens with zero attached hydrogens (tertiary/aromatic N) is 3. The zero-order valence-corrected chi connectivity index (χ0v) is 17.9. The third-order valence-corrected chi connectivity index (χ3v) is 5.70. The molecule has 0 fully saturated rings. The van der Waals surface area contributed by atoms with Crippen molar-refractivity contribution in [2.45, 2.75) is 19.5 Å². The van der Waals surface area contributed by atoms with Crippen molar-refractivity contribution in [2.24, 2.45) is 9.98 Å². The Balaban J connectivity index is 1.31. The molecule has 1 aromatic heterocycles. The van der Waals surface area contributed by atoms with Gasteiger partial charge in [0.15, 0.2) is 11.5 Å². The fourth-order valence-corrected chi connectivity index (χ4v) is 4.06. The van der Waals surface area contributed by atoms with Crippen molar-refractivity contribution in [3.05, 3.63) is 82.7 Å². The maximum absolute atomic E-state index is 12.8. The lowest BCUT2D eigenvalue weighted by molar-refractivity contribution is -0.115. The van der Waals surface area contributed by atoms with Gasteiger partial charge in [0.25, 0.3) is 5.91 Å². The fourth-order valence-electron chi connectivity index (χ4n) is 4.06. The van der Waals surface area contributed by atoms with E-state index in [2.05, 4.69) is 21.4 Å². The molecule has 1 amide bonds. The summed E-state index contributed by atoms with van der Waals surface area (Å²) in [5, 5.41) is 2.96. The maximum atomic E-state index is 12.8. The first-order valence-corrected chi connectivity index (χ1v) is 10.3. The van der Waals surface area contributed by atoms with Gasteiger partial charge in [0.05, 0.1) is 32.2 Å². The van der Waals surface area contributed by atoms with Crippen LogP contribution in [-0.2, 0) is 24.3 Å². The summed E-state index contributed by atoms with van der Waals surface area (Å²) in [6, 6.07) is 13.7. The summed E-state index contributed by atoms with van der Waals surface area (Å²) in [7, 11) is 3.18. The highest BCUT2D eigenvalue weighted by Crippen LogP contribution is 2.34. The molecule has 0 saturated carbocycles. The minimum absolute atomic E-state index is 0.167. The first-order chi connectivity index (χ1) is 15.7. The van der Waals surface area contributed by atoms with Gasteiger partial charge in [0.2, 0.25) is 0 Å². The van der Waals surface area contributed by atoms with Gasteiger partial charge in [-0.1, -0.05) is 12.1 Å². The van der Waals surface area contributed by atoms with Crippen LogP contribution in [0.15, 0.2) is 64.8 Å². The number of nitrogens with one attached hydrogen (secondary N) is 1. The summed E-state index contributed by atoms with van der Waals surface area (Å²) in [6.45, 7) is 1.02. The predicted octanol–water partition coefficient (Wildman–Crippen LogP) is 3.39. The van der Waals surface area contributed by atoms with Gasteiger partial charge in [0.1, 0.15) is 5.71 Å². The molecule has 0 radical (unpaired) electrons. The summed E-state index contributed by atoms with van der Waals surface area (Å²) in [5.74, 6) is 1.12. The van der Waals surface area contributed by atoms with Crippen LogP contribution in [0.3, 0.4) is 0 Å². The lowest BCUT2D eigenvalue weighted by Gasteiger charge is -2.10. The normalized spacial score (nSPS) is 13.7. The van der Waals surface area contributed by atoms with Gasteiger partial charge in [-0.15, -0.1) is 0 Å². The van der Waals surface area contributed by atoms with Crippen LogP contribution in [0.4, 0.5) is 5.69 Å². The largest absolute Gasteiger partial charge is 0.493 e. The van der Waals surface area contributed by atoms with Crippen molar-refractivity contribution < 1.29 is 14.3 Å². The van der Waals surface area contributed by atoms with Gasteiger partial charge in [-0.2, -0.15) is 0 Å². The third kappa shape index (κ3) is 3.62. The Morgan fingerprint density at radius 1 is 1.00 bits per heavy atom. The number of hydrogen-bond acceptors (Lipinski definition) is 6. The number of hydrogen-bond donors (Lipinski definition) is 1. The molecular weight excluding hydrogens is 404 g/mol. The molecule has 0 bridgehead atoms. The van der Waals surface area contributed by atoms with E-state index in [1.54, 1.807) is 26.6 Å². The SMILES string of the molecule is COc1ccc(CNC(=O)C2=Nc3cc4c(cc3C2)CN=C4c2ccncc2)cc1OC. The van der Waals surface area contributed by atoms with Crippen molar-refractivity contribution in [3.8, 4) is 11.5 Å². The van der Waals surface area contributed by atoms with Crippen molar-refractivity contribution in [1.82, 2.24) is 10.3 Å². The monoisotopic (exact) mass is 426 g/mol. The highest BCUT2D eigenvalue weighted by molar-refractivity contribution is 6.41. The molecule has 3 heterocycles. The zero-order chi connectivity index (χ0) is 22.1. The van der Waals surface area contributed by atoms with Crippen LogP contribution in [0.5, 0.6) is 11.5 Å². The maximum Gasteiger partial charge on any atom is 0.266 e. The molecule has 5 rings (SSSR count). The van der Waals surface area contributed by atoms with Crippen LogP contribution < -0.4 is 14.8 Å². The van der Waals surface area contributed by atoms with Gasteiger partial charge in [-0.3, -0.25) is 14.8 Å². The molecular formula is C25H22N4O3. The zero-order valence-electron chi connectivity index (χ0n) is 17.9. The molecule has 1 N–H and O–H groups in total. The number of carbonyl (C=O) groups is 1. The van der Waals surface area contributed by atoms with Gasteiger partial charge >= 0.3 is 0 Å². The molecule has 160 valence electrons. The Labute approximate surface area is 185 Å². The lowest BCUT2D eigenvalue weighted by atomic mass is 9.97. The van der Waals surface area contributed by atoms with Crippen LogP contribution in [-0.4, -0.2) is 36.5 Å². The minimum Gasteiger partial charge on any atom is -0.493 e. The van der Waals surface area contributed by atoms with E-state index in [9.17, 15) is 4.79 Å². The summed E-state index contributed by atoms with van der Waals surface area (Å²) >= 11 is 0. The number of amides is 1. The van der Waals surface area contributed by atoms with Crippen molar-refractivity contribution in [1.29, 1.82) is 0 Å². The summed E-state index contributed by atoms with van der Waals surface area (Å²) < 4.78 is 10.6. The van der Waals surface area contributed by atoms with Crippen LogP contribution in [0.1, 0.15) is 27.8 Å². The van der Waals surface area contributed by atoms with E-state index in [0.717, 1.165) is 39.2 Å². The minimum atomic E-state index is -0.167. The van der Waals surface area contributed by atoms with Gasteiger partial charge in [-0.05, 0) is 47.0 Å². The number of benzene rings is 2. The quantitative estimate of drug-likeness (QED) is 0.655. The van der Waals surface area contributed by atoms with E-state index in [1.807, 2.05) is 36.4 Å². The van der Waals surface area contributed by atoms with Crippen LogP contribution in [0, 0.1) is 0 Å². The Hall–Kier alpha value is -4.00. The van der Waals surface area contributed by atoms with E-state index in [-0.39, 0.29) is 5.91 Å². The highest BCUT2D eigenvalue weighted by atomic mass is 16.5. The van der Waals surface area contributed by atoms with Crippen molar-refractivity contribution in [3.63, 3.8) is 0 Å². The molecule has 0 unspecified atom stereocenters. The Morgan fingerprint density at radius 2 is 1.81 bits per heavy atom. The molecule has 2 aromatic carbocycles. The van der Waals surface area contributed by atoms with E-state index in [1.165, 1.54) is 0 Å². The first-order valence-electron chi connectivity index (χ1n) is 10.3. The molecule has 0 aliphatic carbocycles. The number of methoxy groups -OCH3 is 2. The average Bonchev–Trinajstić information content (AvgIpc) is 3.44. The third-order valence-electron chi connectivity index (χ3n) is 5.70. The number of ether oxygens (including phenoxy) is 2. The second-order valence-corrected chi connectivity index (χ2v) is 7.65. The summed E-state index contributed by atoms with van der Waals surface area (Å²) in [4.78, 5) is 26.2. The summed E-state index contributed by atoms with van der Waals surface area (Å²) in [6.07, 6.45) is 4.05. The second-order valence-electron chi connectivity index (χ2n) is 7.65. The molecule has 0 atom stereocenters. The highest BCUT2D eigenvalue weighted by Gasteiger charge is 2.25. The number of carbonyl (C=O) groups excluding carboxylic acids is 1. The van der Waals surface area contributed by atoms with E-state index < -0.39 is 0 Å². The average molecular weight is 426 g/mol. The first kappa shape index (κ1) is 19.9. The second kappa shape index (κ2) is 8.26. The lowest BCUT2D eigenvalue weighted by Crippen LogP contribution is -2.30. The summed E-state index contributed by atoms with van der Waals surface area (Å²) in [5.41, 5.74) is 7.56.